The summed E-state index contributed by atoms with van der Waals surface area (Å²) in [5, 5.41) is 98.5. The molecule has 0 saturated carbocycles. The van der Waals surface area contributed by atoms with Gasteiger partial charge < -0.3 is 60.5 Å². The Morgan fingerprint density at radius 3 is 1.92 bits per heavy atom. The van der Waals surface area contributed by atoms with Crippen LogP contribution in [-0.4, -0.2) is 125 Å². The van der Waals surface area contributed by atoms with Crippen LogP contribution in [0.5, 0.6) is 0 Å². The molecule has 2 fully saturated rings. The number of hydrogen-bond donors (Lipinski definition) is 10. The van der Waals surface area contributed by atoms with Crippen LogP contribution >= 0.6 is 0 Å². The van der Waals surface area contributed by atoms with Crippen LogP contribution in [0, 0.1) is 0 Å². The Morgan fingerprint density at radius 2 is 1.42 bits per heavy atom. The van der Waals surface area contributed by atoms with Crippen molar-refractivity contribution < 1.29 is 60.5 Å². The molecule has 142 valence electrons. The summed E-state index contributed by atoms with van der Waals surface area (Å²) >= 11 is 0. The van der Waals surface area contributed by atoms with Gasteiger partial charge in [0, 0.05) is 0 Å². The van der Waals surface area contributed by atoms with Crippen molar-refractivity contribution in [3.63, 3.8) is 0 Å². The van der Waals surface area contributed by atoms with E-state index < -0.39 is 73.6 Å². The molecule has 12 nitrogen and oxygen atoms in total. The Bertz CT molecular complexity index is 461. The van der Waals surface area contributed by atoms with Gasteiger partial charge in [0.05, 0.1) is 19.8 Å². The topological polar surface area (TPSA) is 221 Å². The minimum atomic E-state index is -3.20. The smallest absolute Gasteiger partial charge is 0.230 e. The summed E-state index contributed by atoms with van der Waals surface area (Å²) < 4.78 is 9.58. The lowest BCUT2D eigenvalue weighted by atomic mass is 9.74. The molecule has 0 aromatic carbocycles. The second-order valence-electron chi connectivity index (χ2n) is 6.07. The van der Waals surface area contributed by atoms with Crippen LogP contribution in [0.4, 0.5) is 0 Å². The van der Waals surface area contributed by atoms with Crippen molar-refractivity contribution in [2.45, 2.75) is 53.8 Å². The SMILES string of the molecule is OC[C@H]1OC(O)([C@@]2(O)CO[C@@](O)(CO)[C@@H](O)[C@@H]2O)[C@H](O)[C@@H](O)[C@@H]1O. The van der Waals surface area contributed by atoms with Crippen LogP contribution in [0.1, 0.15) is 0 Å². The van der Waals surface area contributed by atoms with Crippen molar-refractivity contribution in [2.24, 2.45) is 0 Å². The Labute approximate surface area is 135 Å². The number of aliphatic hydroxyl groups excluding tert-OH is 7. The molecule has 2 rings (SSSR count). The zero-order valence-corrected chi connectivity index (χ0v) is 12.4. The largest absolute Gasteiger partial charge is 0.394 e. The fourth-order valence-corrected chi connectivity index (χ4v) is 2.88. The molecule has 2 aliphatic rings. The van der Waals surface area contributed by atoms with Gasteiger partial charge in [0.15, 0.2) is 5.60 Å². The van der Waals surface area contributed by atoms with E-state index in [9.17, 15) is 40.9 Å². The normalized spacial score (nSPS) is 56.2. The van der Waals surface area contributed by atoms with E-state index in [4.69, 9.17) is 19.7 Å². The maximum atomic E-state index is 10.6. The molecule has 9 atom stereocenters. The van der Waals surface area contributed by atoms with Gasteiger partial charge in [-0.1, -0.05) is 0 Å². The highest BCUT2D eigenvalue weighted by Gasteiger charge is 2.70. The van der Waals surface area contributed by atoms with Gasteiger partial charge in [0.25, 0.3) is 0 Å². The first-order valence-electron chi connectivity index (χ1n) is 7.09. The quantitative estimate of drug-likeness (QED) is 0.227. The molecule has 12 heteroatoms. The summed E-state index contributed by atoms with van der Waals surface area (Å²) in [5.74, 6) is -5.85. The Kier molecular flexibility index (Phi) is 5.25. The predicted molar refractivity (Wildman–Crippen MR) is 69.9 cm³/mol. The highest BCUT2D eigenvalue weighted by Crippen LogP contribution is 2.43. The van der Waals surface area contributed by atoms with Crippen LogP contribution in [-0.2, 0) is 9.47 Å². The first-order chi connectivity index (χ1) is 11.0. The van der Waals surface area contributed by atoms with Crippen molar-refractivity contribution in [1.29, 1.82) is 0 Å². The number of aliphatic hydroxyl groups is 10. The third-order valence-corrected chi connectivity index (χ3v) is 4.61. The fraction of sp³-hybridized carbons (Fsp3) is 1.00. The van der Waals surface area contributed by atoms with Crippen molar-refractivity contribution in [3.8, 4) is 0 Å². The Morgan fingerprint density at radius 1 is 0.833 bits per heavy atom. The van der Waals surface area contributed by atoms with Gasteiger partial charge in [0.2, 0.25) is 11.6 Å². The molecule has 0 spiro atoms. The van der Waals surface area contributed by atoms with Gasteiger partial charge >= 0.3 is 0 Å². The number of hydrogen-bond acceptors (Lipinski definition) is 12. The minimum absolute atomic E-state index is 0.927. The van der Waals surface area contributed by atoms with Crippen molar-refractivity contribution in [3.05, 3.63) is 0 Å². The summed E-state index contributed by atoms with van der Waals surface area (Å²) in [5.41, 5.74) is -3.00. The molecule has 0 aromatic rings. The standard InChI is InChI=1S/C12H22O12/c13-1-4-5(15)6(16)7(17)12(22,24-4)10(20)3-23-11(21,2-14)9(19)8(10)18/h4-9,13-22H,1-3H2/t4-,5-,6+,7-,8+,9+,10-,11+,12?/m1/s1. The van der Waals surface area contributed by atoms with Gasteiger partial charge in [-0.05, 0) is 0 Å². The van der Waals surface area contributed by atoms with E-state index in [0.29, 0.717) is 0 Å². The van der Waals surface area contributed by atoms with E-state index in [0.717, 1.165) is 0 Å². The molecule has 24 heavy (non-hydrogen) atoms. The fourth-order valence-electron chi connectivity index (χ4n) is 2.88. The molecule has 0 radical (unpaired) electrons. The molecule has 2 saturated heterocycles. The molecule has 0 aromatic heterocycles. The second kappa shape index (κ2) is 6.35. The lowest BCUT2D eigenvalue weighted by molar-refractivity contribution is -0.450. The first kappa shape index (κ1) is 19.8. The number of ether oxygens (including phenoxy) is 2. The van der Waals surface area contributed by atoms with Crippen molar-refractivity contribution >= 4 is 0 Å². The summed E-state index contributed by atoms with van der Waals surface area (Å²) in [7, 11) is 0. The minimum Gasteiger partial charge on any atom is -0.394 e. The van der Waals surface area contributed by atoms with Crippen LogP contribution in [0.3, 0.4) is 0 Å². The van der Waals surface area contributed by atoms with Crippen LogP contribution < -0.4 is 0 Å². The van der Waals surface area contributed by atoms with Crippen LogP contribution in [0.25, 0.3) is 0 Å². The molecule has 0 bridgehead atoms. The van der Waals surface area contributed by atoms with Crippen LogP contribution in [0.2, 0.25) is 0 Å². The van der Waals surface area contributed by atoms with Gasteiger partial charge in [0.1, 0.15) is 36.6 Å². The maximum absolute atomic E-state index is 10.6. The molecule has 2 aliphatic heterocycles. The average Bonchev–Trinajstić information content (AvgIpc) is 2.58. The van der Waals surface area contributed by atoms with Gasteiger partial charge in [-0.25, -0.2) is 0 Å². The zero-order chi connectivity index (χ0) is 18.5. The second-order valence-corrected chi connectivity index (χ2v) is 6.07. The van der Waals surface area contributed by atoms with E-state index >= 15 is 0 Å². The highest BCUT2D eigenvalue weighted by atomic mass is 16.7. The molecule has 2 heterocycles. The lowest BCUT2D eigenvalue weighted by Gasteiger charge is -2.57. The van der Waals surface area contributed by atoms with Crippen LogP contribution in [0.15, 0.2) is 0 Å². The van der Waals surface area contributed by atoms with Gasteiger partial charge in [-0.2, -0.15) is 0 Å². The Hall–Kier alpha value is -0.480. The molecule has 0 amide bonds. The third-order valence-electron chi connectivity index (χ3n) is 4.61. The summed E-state index contributed by atoms with van der Waals surface area (Å²) in [6.07, 6.45) is -12.7. The zero-order valence-electron chi connectivity index (χ0n) is 12.4. The van der Waals surface area contributed by atoms with Crippen molar-refractivity contribution in [2.75, 3.05) is 19.8 Å². The van der Waals surface area contributed by atoms with Gasteiger partial charge in [-0.15, -0.1) is 0 Å². The molecular weight excluding hydrogens is 336 g/mol. The third kappa shape index (κ3) is 2.56. The average molecular weight is 358 g/mol. The molecule has 0 aliphatic carbocycles. The van der Waals surface area contributed by atoms with Crippen molar-refractivity contribution in [1.82, 2.24) is 0 Å². The van der Waals surface area contributed by atoms with E-state index in [1.165, 1.54) is 0 Å². The maximum Gasteiger partial charge on any atom is 0.230 e. The van der Waals surface area contributed by atoms with E-state index in [2.05, 4.69) is 0 Å². The number of rotatable bonds is 3. The summed E-state index contributed by atoms with van der Waals surface area (Å²) in [6, 6.07) is 0. The first-order valence-corrected chi connectivity index (χ1v) is 7.09. The van der Waals surface area contributed by atoms with Gasteiger partial charge in [-0.3, -0.25) is 0 Å². The predicted octanol–water partition coefficient (Wildman–Crippen LogP) is -6.69. The van der Waals surface area contributed by atoms with E-state index in [1.807, 2.05) is 0 Å². The molecule has 10 N–H and O–H groups in total. The molecule has 1 unspecified atom stereocenters. The van der Waals surface area contributed by atoms with E-state index in [1.54, 1.807) is 0 Å². The highest BCUT2D eigenvalue weighted by molar-refractivity contribution is 5.13. The lowest BCUT2D eigenvalue weighted by Crippen LogP contribution is -2.82. The molecular formula is C12H22O12. The summed E-state index contributed by atoms with van der Waals surface area (Å²) in [4.78, 5) is 0. The Balaban J connectivity index is 2.40. The monoisotopic (exact) mass is 358 g/mol. The van der Waals surface area contributed by atoms with E-state index in [-0.39, 0.29) is 0 Å². The summed E-state index contributed by atoms with van der Waals surface area (Å²) in [6.45, 7) is -3.23.